The van der Waals surface area contributed by atoms with E-state index < -0.39 is 21.7 Å². The topological polar surface area (TPSA) is 70.2 Å². The fourth-order valence-electron chi connectivity index (χ4n) is 4.23. The van der Waals surface area contributed by atoms with Crippen LogP contribution in [0.3, 0.4) is 0 Å². The maximum atomic E-state index is 14.4. The normalized spacial score (nSPS) is 17.2. The summed E-state index contributed by atoms with van der Waals surface area (Å²) in [6, 6.07) is 8.33. The minimum Gasteiger partial charge on any atom is -0.497 e. The quantitative estimate of drug-likeness (QED) is 0.678. The number of methoxy groups -OCH3 is 1. The van der Waals surface area contributed by atoms with Crippen LogP contribution in [0.2, 0.25) is 0 Å². The molecule has 2 aromatic rings. The number of rotatable bonds is 5. The molecule has 2 aromatic carbocycles. The number of halogens is 2. The molecular formula is C22H25F2N3O4S. The highest BCUT2D eigenvalue weighted by Crippen LogP contribution is 2.31. The van der Waals surface area contributed by atoms with E-state index in [9.17, 15) is 22.0 Å². The van der Waals surface area contributed by atoms with E-state index in [1.54, 1.807) is 21.9 Å². The lowest BCUT2D eigenvalue weighted by Crippen LogP contribution is -2.53. The average Bonchev–Trinajstić information content (AvgIpc) is 2.79. The van der Waals surface area contributed by atoms with Gasteiger partial charge in [0.2, 0.25) is 15.9 Å². The standard InChI is InChI=1S/C22H25F2N3O4S/c1-31-18-4-6-19(7-5-18)32(29,30)27-11-9-25(10-12-27)21(28)15-26-8-2-3-16-13-17(23)14-20(24)22(16)26/h4-7,13-14H,2-3,8-12,15H2,1H3. The van der Waals surface area contributed by atoms with Crippen molar-refractivity contribution in [3.63, 3.8) is 0 Å². The minimum absolute atomic E-state index is 0.0270. The Morgan fingerprint density at radius 2 is 1.72 bits per heavy atom. The molecule has 2 aliphatic rings. The SMILES string of the molecule is COc1ccc(S(=O)(=O)N2CCN(C(=O)CN3CCCc4cc(F)cc(F)c43)CC2)cc1. The van der Waals surface area contributed by atoms with Crippen LogP contribution >= 0.6 is 0 Å². The van der Waals surface area contributed by atoms with Gasteiger partial charge in [-0.2, -0.15) is 4.31 Å². The molecule has 0 atom stereocenters. The van der Waals surface area contributed by atoms with Gasteiger partial charge in [0.15, 0.2) is 0 Å². The number of anilines is 1. The molecule has 0 spiro atoms. The number of fused-ring (bicyclic) bond motifs is 1. The molecule has 1 fully saturated rings. The third-order valence-electron chi connectivity index (χ3n) is 5.91. The van der Waals surface area contributed by atoms with Crippen LogP contribution in [-0.4, -0.2) is 69.9 Å². The Bertz CT molecular complexity index is 1100. The lowest BCUT2D eigenvalue weighted by Gasteiger charge is -2.37. The molecule has 2 aliphatic heterocycles. The predicted molar refractivity (Wildman–Crippen MR) is 115 cm³/mol. The number of ether oxygens (including phenoxy) is 1. The van der Waals surface area contributed by atoms with Gasteiger partial charge in [-0.3, -0.25) is 4.79 Å². The molecule has 172 valence electrons. The highest BCUT2D eigenvalue weighted by Gasteiger charge is 2.31. The lowest BCUT2D eigenvalue weighted by atomic mass is 10.0. The van der Waals surface area contributed by atoms with Crippen molar-refractivity contribution in [2.75, 3.05) is 51.3 Å². The number of carbonyl (C=O) groups excluding carboxylic acids is 1. The first-order valence-electron chi connectivity index (χ1n) is 10.4. The molecule has 0 saturated carbocycles. The molecule has 32 heavy (non-hydrogen) atoms. The maximum absolute atomic E-state index is 14.4. The van der Waals surface area contributed by atoms with Crippen molar-refractivity contribution in [3.8, 4) is 5.75 Å². The van der Waals surface area contributed by atoms with Gasteiger partial charge >= 0.3 is 0 Å². The second-order valence-electron chi connectivity index (χ2n) is 7.88. The summed E-state index contributed by atoms with van der Waals surface area (Å²) < 4.78 is 60.1. The van der Waals surface area contributed by atoms with Gasteiger partial charge in [-0.25, -0.2) is 17.2 Å². The summed E-state index contributed by atoms with van der Waals surface area (Å²) in [6.45, 7) is 1.34. The number of aryl methyl sites for hydroxylation is 1. The maximum Gasteiger partial charge on any atom is 0.243 e. The van der Waals surface area contributed by atoms with E-state index in [-0.39, 0.29) is 49.2 Å². The van der Waals surface area contributed by atoms with Crippen LogP contribution < -0.4 is 9.64 Å². The summed E-state index contributed by atoms with van der Waals surface area (Å²) >= 11 is 0. The summed E-state index contributed by atoms with van der Waals surface area (Å²) in [5, 5.41) is 0. The second kappa shape index (κ2) is 9.03. The smallest absolute Gasteiger partial charge is 0.243 e. The zero-order chi connectivity index (χ0) is 22.9. The molecule has 0 radical (unpaired) electrons. The highest BCUT2D eigenvalue weighted by atomic mass is 32.2. The number of piperazine rings is 1. The van der Waals surface area contributed by atoms with Crippen LogP contribution in [0.4, 0.5) is 14.5 Å². The fourth-order valence-corrected chi connectivity index (χ4v) is 5.65. The van der Waals surface area contributed by atoms with E-state index in [1.165, 1.54) is 29.6 Å². The number of amides is 1. The Balaban J connectivity index is 1.39. The Hall–Kier alpha value is -2.72. The molecule has 0 unspecified atom stereocenters. The van der Waals surface area contributed by atoms with Crippen LogP contribution in [0.5, 0.6) is 5.75 Å². The molecule has 0 N–H and O–H groups in total. The third kappa shape index (κ3) is 4.42. The van der Waals surface area contributed by atoms with E-state index in [4.69, 9.17) is 4.74 Å². The average molecular weight is 466 g/mol. The molecule has 1 saturated heterocycles. The van der Waals surface area contributed by atoms with Gasteiger partial charge in [-0.15, -0.1) is 0 Å². The highest BCUT2D eigenvalue weighted by molar-refractivity contribution is 7.89. The summed E-state index contributed by atoms with van der Waals surface area (Å²) in [5.74, 6) is -0.924. The number of benzene rings is 2. The number of carbonyl (C=O) groups is 1. The number of sulfonamides is 1. The van der Waals surface area contributed by atoms with E-state index in [0.29, 0.717) is 30.7 Å². The monoisotopic (exact) mass is 465 g/mol. The third-order valence-corrected chi connectivity index (χ3v) is 7.83. The van der Waals surface area contributed by atoms with Gasteiger partial charge in [-0.05, 0) is 48.7 Å². The van der Waals surface area contributed by atoms with Crippen LogP contribution in [0.1, 0.15) is 12.0 Å². The molecule has 4 rings (SSSR count). The summed E-state index contributed by atoms with van der Waals surface area (Å²) in [5.41, 5.74) is 0.851. The molecule has 2 heterocycles. The Morgan fingerprint density at radius 3 is 2.38 bits per heavy atom. The van der Waals surface area contributed by atoms with Gasteiger partial charge < -0.3 is 14.5 Å². The first-order valence-corrected chi connectivity index (χ1v) is 11.9. The van der Waals surface area contributed by atoms with Crippen molar-refractivity contribution >= 4 is 21.6 Å². The van der Waals surface area contributed by atoms with Crippen molar-refractivity contribution in [2.24, 2.45) is 0 Å². The lowest BCUT2D eigenvalue weighted by molar-refractivity contribution is -0.130. The van der Waals surface area contributed by atoms with E-state index in [2.05, 4.69) is 0 Å². The van der Waals surface area contributed by atoms with Crippen LogP contribution in [0, 0.1) is 11.6 Å². The van der Waals surface area contributed by atoms with Gasteiger partial charge in [0, 0.05) is 38.8 Å². The Morgan fingerprint density at radius 1 is 1.03 bits per heavy atom. The largest absolute Gasteiger partial charge is 0.497 e. The molecule has 7 nitrogen and oxygen atoms in total. The zero-order valence-electron chi connectivity index (χ0n) is 17.8. The van der Waals surface area contributed by atoms with E-state index in [1.807, 2.05) is 0 Å². The van der Waals surface area contributed by atoms with Crippen molar-refractivity contribution in [2.45, 2.75) is 17.7 Å². The summed E-state index contributed by atoms with van der Waals surface area (Å²) in [7, 11) is -2.16. The second-order valence-corrected chi connectivity index (χ2v) is 9.82. The Kier molecular flexibility index (Phi) is 6.34. The van der Waals surface area contributed by atoms with Gasteiger partial charge in [0.25, 0.3) is 0 Å². The number of hydrogen-bond donors (Lipinski definition) is 0. The van der Waals surface area contributed by atoms with E-state index in [0.717, 1.165) is 6.07 Å². The van der Waals surface area contributed by atoms with Crippen molar-refractivity contribution in [1.29, 1.82) is 0 Å². The minimum atomic E-state index is -3.67. The fraction of sp³-hybridized carbons (Fsp3) is 0.409. The molecule has 0 aromatic heterocycles. The van der Waals surface area contributed by atoms with Crippen molar-refractivity contribution in [1.82, 2.24) is 9.21 Å². The molecule has 10 heteroatoms. The van der Waals surface area contributed by atoms with Crippen LogP contribution in [0.25, 0.3) is 0 Å². The molecular weight excluding hydrogens is 440 g/mol. The first-order chi connectivity index (χ1) is 15.3. The van der Waals surface area contributed by atoms with Gasteiger partial charge in [0.1, 0.15) is 17.4 Å². The predicted octanol–water partition coefficient (Wildman–Crippen LogP) is 2.26. The first kappa shape index (κ1) is 22.5. The van der Waals surface area contributed by atoms with Crippen molar-refractivity contribution < 1.29 is 26.7 Å². The number of nitrogens with zero attached hydrogens (tertiary/aromatic N) is 3. The van der Waals surface area contributed by atoms with E-state index >= 15 is 0 Å². The summed E-state index contributed by atoms with van der Waals surface area (Å²) in [6.07, 6.45) is 1.27. The van der Waals surface area contributed by atoms with Gasteiger partial charge in [0.05, 0.1) is 24.2 Å². The Labute approximate surface area is 186 Å². The van der Waals surface area contributed by atoms with Gasteiger partial charge in [-0.1, -0.05) is 0 Å². The van der Waals surface area contributed by atoms with Crippen LogP contribution in [-0.2, 0) is 21.2 Å². The summed E-state index contributed by atoms with van der Waals surface area (Å²) in [4.78, 5) is 16.3. The number of hydrogen-bond acceptors (Lipinski definition) is 5. The zero-order valence-corrected chi connectivity index (χ0v) is 18.6. The van der Waals surface area contributed by atoms with Crippen molar-refractivity contribution in [3.05, 3.63) is 53.6 Å². The molecule has 0 aliphatic carbocycles. The molecule has 0 bridgehead atoms. The van der Waals surface area contributed by atoms with Crippen LogP contribution in [0.15, 0.2) is 41.3 Å². The molecule has 1 amide bonds.